The highest BCUT2D eigenvalue weighted by atomic mass is 16.4. The van der Waals surface area contributed by atoms with Crippen LogP contribution in [-0.2, 0) is 9.53 Å². The van der Waals surface area contributed by atoms with E-state index in [2.05, 4.69) is 48.1 Å². The molecule has 0 aliphatic carbocycles. The standard InChI is InChI=1S/C18H30O2.C2H6O/c1-2-3-4-5-6-7-8-9-10-11-12-13-14-15-16-17-18(19)20;1-3-2/h3-4,6-7,9-10H,2,5,8,11-17H2,1H3,(H,19,20);1-2H3/b4-3-,7-6-,10-9-;. The number of aliphatic carboxylic acids is 1. The lowest BCUT2D eigenvalue weighted by atomic mass is 10.1. The highest BCUT2D eigenvalue weighted by molar-refractivity contribution is 5.66. The van der Waals surface area contributed by atoms with E-state index in [1.165, 1.54) is 12.8 Å². The topological polar surface area (TPSA) is 46.5 Å². The zero-order valence-corrected chi connectivity index (χ0v) is 15.3. The van der Waals surface area contributed by atoms with Gasteiger partial charge in [0, 0.05) is 20.6 Å². The first kappa shape index (κ1) is 23.9. The third-order valence-corrected chi connectivity index (χ3v) is 3.04. The largest absolute Gasteiger partial charge is 0.481 e. The summed E-state index contributed by atoms with van der Waals surface area (Å²) in [6.45, 7) is 2.15. The number of carbonyl (C=O) groups is 1. The van der Waals surface area contributed by atoms with Crippen molar-refractivity contribution in [3.05, 3.63) is 36.5 Å². The number of hydrogen-bond donors (Lipinski definition) is 1. The van der Waals surface area contributed by atoms with Gasteiger partial charge in [-0.2, -0.15) is 0 Å². The Bertz CT molecular complexity index is 317. The molecule has 0 heterocycles. The third-order valence-electron chi connectivity index (χ3n) is 3.04. The van der Waals surface area contributed by atoms with Crippen molar-refractivity contribution >= 4 is 5.97 Å². The molecule has 3 heteroatoms. The monoisotopic (exact) mass is 324 g/mol. The first-order valence-corrected chi connectivity index (χ1v) is 8.75. The van der Waals surface area contributed by atoms with Gasteiger partial charge in [0.15, 0.2) is 0 Å². The Labute approximate surface area is 143 Å². The van der Waals surface area contributed by atoms with E-state index in [9.17, 15) is 4.79 Å². The van der Waals surface area contributed by atoms with Crippen LogP contribution in [0.3, 0.4) is 0 Å². The zero-order chi connectivity index (χ0) is 17.6. The van der Waals surface area contributed by atoms with E-state index in [-0.39, 0.29) is 0 Å². The van der Waals surface area contributed by atoms with Crippen molar-refractivity contribution in [2.24, 2.45) is 0 Å². The lowest BCUT2D eigenvalue weighted by Crippen LogP contribution is -1.93. The molecule has 0 aromatic heterocycles. The van der Waals surface area contributed by atoms with Crippen LogP contribution in [0.4, 0.5) is 0 Å². The molecule has 0 aliphatic heterocycles. The Morgan fingerprint density at radius 2 is 1.30 bits per heavy atom. The first-order chi connectivity index (χ1) is 11.2. The van der Waals surface area contributed by atoms with Crippen LogP contribution in [0.25, 0.3) is 0 Å². The van der Waals surface area contributed by atoms with Gasteiger partial charge in [-0.3, -0.25) is 4.79 Å². The fraction of sp³-hybridized carbons (Fsp3) is 0.650. The number of allylic oxidation sites excluding steroid dienone is 6. The summed E-state index contributed by atoms with van der Waals surface area (Å²) >= 11 is 0. The Morgan fingerprint density at radius 1 is 0.826 bits per heavy atom. The molecule has 3 nitrogen and oxygen atoms in total. The zero-order valence-electron chi connectivity index (χ0n) is 15.3. The maximum Gasteiger partial charge on any atom is 0.303 e. The maximum absolute atomic E-state index is 10.3. The number of rotatable bonds is 13. The van der Waals surface area contributed by atoms with E-state index >= 15 is 0 Å². The molecule has 0 unspecified atom stereocenters. The average molecular weight is 325 g/mol. The number of hydrogen-bond acceptors (Lipinski definition) is 2. The summed E-state index contributed by atoms with van der Waals surface area (Å²) in [5, 5.41) is 8.50. The molecule has 134 valence electrons. The number of carboxylic acid groups (broad SMARTS) is 1. The Kier molecular flexibility index (Phi) is 23.8. The molecular weight excluding hydrogens is 288 g/mol. The van der Waals surface area contributed by atoms with Crippen molar-refractivity contribution < 1.29 is 14.6 Å². The van der Waals surface area contributed by atoms with E-state index in [0.717, 1.165) is 44.9 Å². The molecule has 0 spiro atoms. The van der Waals surface area contributed by atoms with E-state index in [0.29, 0.717) is 6.42 Å². The van der Waals surface area contributed by atoms with Gasteiger partial charge in [-0.05, 0) is 38.5 Å². The molecule has 0 radical (unpaired) electrons. The molecule has 0 saturated heterocycles. The summed E-state index contributed by atoms with van der Waals surface area (Å²) < 4.78 is 4.25. The lowest BCUT2D eigenvalue weighted by molar-refractivity contribution is -0.137. The van der Waals surface area contributed by atoms with Crippen LogP contribution in [0.15, 0.2) is 36.5 Å². The second kappa shape index (κ2) is 22.9. The molecule has 0 atom stereocenters. The lowest BCUT2D eigenvalue weighted by Gasteiger charge is -1.98. The predicted octanol–water partition coefficient (Wildman–Crippen LogP) is 5.92. The number of carboxylic acids is 1. The van der Waals surface area contributed by atoms with Gasteiger partial charge in [0.05, 0.1) is 0 Å². The third kappa shape index (κ3) is 29.3. The van der Waals surface area contributed by atoms with Gasteiger partial charge < -0.3 is 9.84 Å². The van der Waals surface area contributed by atoms with Gasteiger partial charge in [-0.25, -0.2) is 0 Å². The Hall–Kier alpha value is -1.35. The second-order valence-electron chi connectivity index (χ2n) is 5.40. The molecule has 0 rings (SSSR count). The van der Waals surface area contributed by atoms with E-state index in [4.69, 9.17) is 5.11 Å². The summed E-state index contributed by atoms with van der Waals surface area (Å²) in [7, 11) is 3.25. The SMILES string of the molecule is CC/C=C\C/C=C\C/C=C\CCCCCCCC(=O)O.COC. The van der Waals surface area contributed by atoms with Crippen LogP contribution < -0.4 is 0 Å². The van der Waals surface area contributed by atoms with E-state index in [1.54, 1.807) is 14.2 Å². The number of unbranched alkanes of at least 4 members (excludes halogenated alkanes) is 5. The molecule has 0 aromatic rings. The van der Waals surface area contributed by atoms with Gasteiger partial charge in [0.2, 0.25) is 0 Å². The van der Waals surface area contributed by atoms with Crippen LogP contribution in [0.1, 0.15) is 71.1 Å². The second-order valence-corrected chi connectivity index (χ2v) is 5.40. The Balaban J connectivity index is 0. The van der Waals surface area contributed by atoms with Crippen LogP contribution in [0.5, 0.6) is 0 Å². The van der Waals surface area contributed by atoms with Crippen molar-refractivity contribution in [2.75, 3.05) is 14.2 Å². The molecule has 0 saturated carbocycles. The summed E-state index contributed by atoms with van der Waals surface area (Å²) in [4.78, 5) is 10.3. The Morgan fingerprint density at radius 3 is 1.87 bits per heavy atom. The molecule has 23 heavy (non-hydrogen) atoms. The predicted molar refractivity (Wildman–Crippen MR) is 99.8 cm³/mol. The number of methoxy groups -OCH3 is 1. The molecule has 0 aromatic carbocycles. The van der Waals surface area contributed by atoms with Gasteiger partial charge in [0.1, 0.15) is 0 Å². The molecule has 0 amide bonds. The molecular formula is C20H36O3. The van der Waals surface area contributed by atoms with Crippen LogP contribution in [0.2, 0.25) is 0 Å². The summed E-state index contributed by atoms with van der Waals surface area (Å²) in [6, 6.07) is 0. The van der Waals surface area contributed by atoms with E-state index in [1.807, 2.05) is 0 Å². The molecule has 1 N–H and O–H groups in total. The van der Waals surface area contributed by atoms with Crippen LogP contribution in [0, 0.1) is 0 Å². The van der Waals surface area contributed by atoms with Crippen molar-refractivity contribution in [3.63, 3.8) is 0 Å². The number of ether oxygens (including phenoxy) is 1. The van der Waals surface area contributed by atoms with Crippen LogP contribution >= 0.6 is 0 Å². The maximum atomic E-state index is 10.3. The normalized spacial score (nSPS) is 11.3. The molecule has 0 fully saturated rings. The smallest absolute Gasteiger partial charge is 0.303 e. The first-order valence-electron chi connectivity index (χ1n) is 8.75. The summed E-state index contributed by atoms with van der Waals surface area (Å²) in [5.41, 5.74) is 0. The van der Waals surface area contributed by atoms with Crippen molar-refractivity contribution in [1.29, 1.82) is 0 Å². The average Bonchev–Trinajstić information content (AvgIpc) is 2.51. The molecule has 0 bridgehead atoms. The molecule has 0 aliphatic rings. The minimum Gasteiger partial charge on any atom is -0.481 e. The highest BCUT2D eigenvalue weighted by Gasteiger charge is 1.95. The van der Waals surface area contributed by atoms with Crippen molar-refractivity contribution in [2.45, 2.75) is 71.1 Å². The van der Waals surface area contributed by atoms with Crippen molar-refractivity contribution in [1.82, 2.24) is 0 Å². The van der Waals surface area contributed by atoms with Gasteiger partial charge in [0.25, 0.3) is 0 Å². The van der Waals surface area contributed by atoms with Gasteiger partial charge >= 0.3 is 5.97 Å². The highest BCUT2D eigenvalue weighted by Crippen LogP contribution is 2.07. The summed E-state index contributed by atoms with van der Waals surface area (Å²) in [6.07, 6.45) is 23.4. The fourth-order valence-corrected chi connectivity index (χ4v) is 1.90. The van der Waals surface area contributed by atoms with Gasteiger partial charge in [-0.1, -0.05) is 62.6 Å². The fourth-order valence-electron chi connectivity index (χ4n) is 1.90. The quantitative estimate of drug-likeness (QED) is 0.338. The summed E-state index contributed by atoms with van der Waals surface area (Å²) in [5.74, 6) is -0.675. The minimum atomic E-state index is -0.675. The minimum absolute atomic E-state index is 0.319. The van der Waals surface area contributed by atoms with Gasteiger partial charge in [-0.15, -0.1) is 0 Å². The van der Waals surface area contributed by atoms with Crippen LogP contribution in [-0.4, -0.2) is 25.3 Å². The van der Waals surface area contributed by atoms with E-state index < -0.39 is 5.97 Å². The van der Waals surface area contributed by atoms with Crippen molar-refractivity contribution in [3.8, 4) is 0 Å².